The Morgan fingerprint density at radius 1 is 1.59 bits per heavy atom. The predicted octanol–water partition coefficient (Wildman–Crippen LogP) is 2.52. The first-order valence-electron chi connectivity index (χ1n) is 4.67. The van der Waals surface area contributed by atoms with E-state index in [0.29, 0.717) is 10.0 Å². The van der Waals surface area contributed by atoms with E-state index in [1.54, 1.807) is 13.0 Å². The number of nitro groups is 1. The summed E-state index contributed by atoms with van der Waals surface area (Å²) in [6.45, 7) is 2.93. The smallest absolute Gasteiger partial charge is 0.344 e. The van der Waals surface area contributed by atoms with E-state index < -0.39 is 17.0 Å². The minimum absolute atomic E-state index is 0.0203. The molecule has 1 N–H and O–H groups in total. The van der Waals surface area contributed by atoms with Crippen LogP contribution < -0.4 is 4.74 Å². The molecule has 7 heteroatoms. The highest BCUT2D eigenvalue weighted by molar-refractivity contribution is 9.10. The number of aliphatic carboxylic acids is 1. The van der Waals surface area contributed by atoms with Gasteiger partial charge in [-0.1, -0.05) is 15.9 Å². The monoisotopic (exact) mass is 303 g/mol. The van der Waals surface area contributed by atoms with Gasteiger partial charge in [-0.15, -0.1) is 0 Å². The summed E-state index contributed by atoms with van der Waals surface area (Å²) in [7, 11) is 0. The summed E-state index contributed by atoms with van der Waals surface area (Å²) >= 11 is 3.13. The number of hydrogen-bond acceptors (Lipinski definition) is 4. The summed E-state index contributed by atoms with van der Waals surface area (Å²) in [4.78, 5) is 20.9. The van der Waals surface area contributed by atoms with Crippen molar-refractivity contribution in [3.8, 4) is 5.75 Å². The lowest BCUT2D eigenvalue weighted by atomic mass is 10.2. The van der Waals surface area contributed by atoms with Gasteiger partial charge >= 0.3 is 11.7 Å². The Labute approximate surface area is 105 Å². The Kier molecular flexibility index (Phi) is 4.06. The number of ether oxygens (including phenoxy) is 1. The largest absolute Gasteiger partial charge is 0.479 e. The number of nitrogens with zero attached hydrogens (tertiary/aromatic N) is 1. The third-order valence-corrected chi connectivity index (χ3v) is 2.52. The van der Waals surface area contributed by atoms with E-state index in [2.05, 4.69) is 15.9 Å². The highest BCUT2D eigenvalue weighted by Crippen LogP contribution is 2.34. The fraction of sp³-hybridized carbons (Fsp3) is 0.300. The molecular formula is C10H10BrNO5. The van der Waals surface area contributed by atoms with Gasteiger partial charge in [-0.25, -0.2) is 4.79 Å². The number of hydrogen-bond donors (Lipinski definition) is 1. The minimum atomic E-state index is -1.18. The van der Waals surface area contributed by atoms with Crippen LogP contribution in [0.2, 0.25) is 0 Å². The molecule has 0 amide bonds. The first-order valence-corrected chi connectivity index (χ1v) is 5.46. The van der Waals surface area contributed by atoms with Crippen molar-refractivity contribution in [1.29, 1.82) is 0 Å². The van der Waals surface area contributed by atoms with Gasteiger partial charge in [-0.05, 0) is 25.5 Å². The van der Waals surface area contributed by atoms with Crippen LogP contribution in [0.5, 0.6) is 5.75 Å². The molecule has 0 aliphatic heterocycles. The second kappa shape index (κ2) is 5.13. The molecule has 0 saturated carbocycles. The lowest BCUT2D eigenvalue weighted by Crippen LogP contribution is -2.23. The molecule has 0 aliphatic rings. The van der Waals surface area contributed by atoms with Gasteiger partial charge in [-0.2, -0.15) is 0 Å². The number of rotatable bonds is 4. The van der Waals surface area contributed by atoms with Gasteiger partial charge < -0.3 is 9.84 Å². The SMILES string of the molecule is Cc1cc(Br)cc([N+](=O)[O-])c1O[C@@H](C)C(=O)O. The maximum Gasteiger partial charge on any atom is 0.344 e. The Balaban J connectivity index is 3.21. The normalized spacial score (nSPS) is 11.9. The van der Waals surface area contributed by atoms with Gasteiger partial charge in [0, 0.05) is 10.5 Å². The molecule has 1 atom stereocenters. The van der Waals surface area contributed by atoms with Crippen molar-refractivity contribution in [3.63, 3.8) is 0 Å². The van der Waals surface area contributed by atoms with Crippen molar-refractivity contribution in [2.75, 3.05) is 0 Å². The molecule has 0 aliphatic carbocycles. The van der Waals surface area contributed by atoms with Crippen LogP contribution >= 0.6 is 15.9 Å². The zero-order chi connectivity index (χ0) is 13.2. The molecule has 0 radical (unpaired) electrons. The lowest BCUT2D eigenvalue weighted by Gasteiger charge is -2.13. The van der Waals surface area contributed by atoms with Gasteiger partial charge in [0.2, 0.25) is 5.75 Å². The van der Waals surface area contributed by atoms with Crippen molar-refractivity contribution < 1.29 is 19.6 Å². The molecule has 1 rings (SSSR count). The second-order valence-electron chi connectivity index (χ2n) is 3.43. The number of nitro benzene ring substituents is 1. The highest BCUT2D eigenvalue weighted by atomic mass is 79.9. The van der Waals surface area contributed by atoms with Crippen molar-refractivity contribution in [2.24, 2.45) is 0 Å². The predicted molar refractivity (Wildman–Crippen MR) is 63.3 cm³/mol. The van der Waals surface area contributed by atoms with Crippen LogP contribution in [0.25, 0.3) is 0 Å². The standard InChI is InChI=1S/C10H10BrNO5/c1-5-3-7(11)4-8(12(15)16)9(5)17-6(2)10(13)14/h3-4,6H,1-2H3,(H,13,14)/t6-/m0/s1. The molecular weight excluding hydrogens is 294 g/mol. The molecule has 0 bridgehead atoms. The van der Waals surface area contributed by atoms with Gasteiger partial charge in [-0.3, -0.25) is 10.1 Å². The lowest BCUT2D eigenvalue weighted by molar-refractivity contribution is -0.386. The third kappa shape index (κ3) is 3.16. The van der Waals surface area contributed by atoms with Gasteiger partial charge in [0.25, 0.3) is 0 Å². The Bertz CT molecular complexity index is 474. The number of benzene rings is 1. The van der Waals surface area contributed by atoms with E-state index in [9.17, 15) is 14.9 Å². The number of carboxylic acids is 1. The molecule has 0 spiro atoms. The van der Waals surface area contributed by atoms with Crippen molar-refractivity contribution in [2.45, 2.75) is 20.0 Å². The first-order chi connectivity index (χ1) is 7.82. The Morgan fingerprint density at radius 2 is 2.18 bits per heavy atom. The summed E-state index contributed by atoms with van der Waals surface area (Å²) in [5.74, 6) is -1.20. The molecule has 0 aromatic heterocycles. The van der Waals surface area contributed by atoms with E-state index in [4.69, 9.17) is 9.84 Å². The second-order valence-corrected chi connectivity index (χ2v) is 4.34. The van der Waals surface area contributed by atoms with Gasteiger partial charge in [0.05, 0.1) is 4.92 Å². The van der Waals surface area contributed by atoms with Gasteiger partial charge in [0.15, 0.2) is 6.10 Å². The number of halogens is 1. The number of carbonyl (C=O) groups is 1. The Hall–Kier alpha value is -1.63. The average Bonchev–Trinajstić information content (AvgIpc) is 2.20. The summed E-state index contributed by atoms with van der Waals surface area (Å²) in [6, 6.07) is 2.90. The summed E-state index contributed by atoms with van der Waals surface area (Å²) in [5, 5.41) is 19.5. The van der Waals surface area contributed by atoms with Gasteiger partial charge in [0.1, 0.15) is 0 Å². The molecule has 1 aromatic rings. The zero-order valence-electron chi connectivity index (χ0n) is 9.14. The third-order valence-electron chi connectivity index (χ3n) is 2.06. The first kappa shape index (κ1) is 13.4. The maximum atomic E-state index is 10.8. The summed E-state index contributed by atoms with van der Waals surface area (Å²) in [5.41, 5.74) is 0.240. The van der Waals surface area contributed by atoms with Crippen LogP contribution in [-0.4, -0.2) is 22.1 Å². The van der Waals surface area contributed by atoms with Crippen LogP contribution in [0.3, 0.4) is 0 Å². The van der Waals surface area contributed by atoms with E-state index in [0.717, 1.165) is 0 Å². The number of carboxylic acid groups (broad SMARTS) is 1. The fourth-order valence-electron chi connectivity index (χ4n) is 1.23. The topological polar surface area (TPSA) is 89.7 Å². The van der Waals surface area contributed by atoms with Crippen LogP contribution in [0, 0.1) is 17.0 Å². The molecule has 0 unspecified atom stereocenters. The zero-order valence-corrected chi connectivity index (χ0v) is 10.7. The van der Waals surface area contributed by atoms with E-state index in [-0.39, 0.29) is 11.4 Å². The summed E-state index contributed by atoms with van der Waals surface area (Å²) in [6.07, 6.45) is -1.14. The van der Waals surface area contributed by atoms with Crippen molar-refractivity contribution in [3.05, 3.63) is 32.3 Å². The molecule has 6 nitrogen and oxygen atoms in total. The highest BCUT2D eigenvalue weighted by Gasteiger charge is 2.23. The van der Waals surface area contributed by atoms with E-state index in [1.165, 1.54) is 13.0 Å². The van der Waals surface area contributed by atoms with Crippen LogP contribution in [-0.2, 0) is 4.79 Å². The average molecular weight is 304 g/mol. The molecule has 17 heavy (non-hydrogen) atoms. The molecule has 1 aromatic carbocycles. The van der Waals surface area contributed by atoms with Crippen LogP contribution in [0.15, 0.2) is 16.6 Å². The summed E-state index contributed by atoms with van der Waals surface area (Å²) < 4.78 is 5.63. The fourth-order valence-corrected chi connectivity index (χ4v) is 1.79. The molecule has 0 heterocycles. The number of aryl methyl sites for hydroxylation is 1. The molecule has 92 valence electrons. The van der Waals surface area contributed by atoms with Crippen LogP contribution in [0.4, 0.5) is 5.69 Å². The van der Waals surface area contributed by atoms with E-state index in [1.807, 2.05) is 0 Å². The van der Waals surface area contributed by atoms with E-state index >= 15 is 0 Å². The quantitative estimate of drug-likeness (QED) is 0.682. The van der Waals surface area contributed by atoms with Crippen molar-refractivity contribution >= 4 is 27.6 Å². The Morgan fingerprint density at radius 3 is 2.65 bits per heavy atom. The molecule has 0 fully saturated rings. The van der Waals surface area contributed by atoms with Crippen molar-refractivity contribution in [1.82, 2.24) is 0 Å². The minimum Gasteiger partial charge on any atom is -0.479 e. The molecule has 0 saturated heterocycles. The maximum absolute atomic E-state index is 10.8. The van der Waals surface area contributed by atoms with Crippen LogP contribution in [0.1, 0.15) is 12.5 Å².